The number of esters is 1. The van der Waals surface area contributed by atoms with Crippen molar-refractivity contribution in [2.75, 3.05) is 12.3 Å². The maximum absolute atomic E-state index is 12.1. The first kappa shape index (κ1) is 18.3. The first-order valence-corrected chi connectivity index (χ1v) is 8.74. The highest BCUT2D eigenvalue weighted by Crippen LogP contribution is 2.30. The molecule has 0 aliphatic carbocycles. The summed E-state index contributed by atoms with van der Waals surface area (Å²) < 4.78 is 5.06. The van der Waals surface area contributed by atoms with Gasteiger partial charge in [-0.05, 0) is 26.0 Å². The zero-order chi connectivity index (χ0) is 17.7. The molecule has 0 fully saturated rings. The van der Waals surface area contributed by atoms with Crippen LogP contribution in [0.5, 0.6) is 0 Å². The molecule has 0 spiro atoms. The predicted octanol–water partition coefficient (Wildman–Crippen LogP) is 2.86. The van der Waals surface area contributed by atoms with Crippen LogP contribution in [0.3, 0.4) is 0 Å². The van der Waals surface area contributed by atoms with Crippen molar-refractivity contribution >= 4 is 33.9 Å². The molecule has 126 valence electrons. The number of nitrogens with two attached hydrogens (primary N) is 2. The Morgan fingerprint density at radius 2 is 2.29 bits per heavy atom. The number of anilines is 1. The zero-order valence-corrected chi connectivity index (χ0v) is 15.1. The van der Waals surface area contributed by atoms with Gasteiger partial charge in [0.1, 0.15) is 28.5 Å². The standard InChI is InChI=1S/C17H18ClN3O2S/c1-3-23-17(22)15-14(13(8-19)16(20)24-15)9-21-10(2)11-5-4-6-12(18)7-11/h4-7,10,21H,3,9,20H2,1-2H3/p+1/t10-/m1/s1. The Morgan fingerprint density at radius 3 is 2.92 bits per heavy atom. The monoisotopic (exact) mass is 364 g/mol. The largest absolute Gasteiger partial charge is 0.462 e. The number of nitrogen functional groups attached to an aromatic ring is 1. The Kier molecular flexibility index (Phi) is 6.21. The summed E-state index contributed by atoms with van der Waals surface area (Å²) in [5.74, 6) is -0.436. The van der Waals surface area contributed by atoms with Crippen LogP contribution < -0.4 is 11.1 Å². The molecule has 1 aromatic heterocycles. The summed E-state index contributed by atoms with van der Waals surface area (Å²) in [6.45, 7) is 4.52. The lowest BCUT2D eigenvalue weighted by Gasteiger charge is -2.12. The smallest absolute Gasteiger partial charge is 0.348 e. The number of ether oxygens (including phenoxy) is 1. The first-order chi connectivity index (χ1) is 11.5. The number of quaternary nitrogens is 1. The van der Waals surface area contributed by atoms with Gasteiger partial charge >= 0.3 is 5.97 Å². The highest BCUT2D eigenvalue weighted by molar-refractivity contribution is 7.18. The van der Waals surface area contributed by atoms with Gasteiger partial charge in [-0.15, -0.1) is 11.3 Å². The number of thiophene rings is 1. The van der Waals surface area contributed by atoms with Crippen LogP contribution in [-0.2, 0) is 11.3 Å². The van der Waals surface area contributed by atoms with Crippen LogP contribution in [0.25, 0.3) is 0 Å². The molecular weight excluding hydrogens is 346 g/mol. The summed E-state index contributed by atoms with van der Waals surface area (Å²) in [6.07, 6.45) is 0. The molecule has 0 bridgehead atoms. The molecule has 0 amide bonds. The first-order valence-electron chi connectivity index (χ1n) is 7.55. The Morgan fingerprint density at radius 1 is 1.54 bits per heavy atom. The molecule has 4 N–H and O–H groups in total. The van der Waals surface area contributed by atoms with Crippen molar-refractivity contribution in [2.45, 2.75) is 26.4 Å². The minimum Gasteiger partial charge on any atom is -0.462 e. The van der Waals surface area contributed by atoms with Crippen LogP contribution in [0.2, 0.25) is 5.02 Å². The molecule has 2 rings (SSSR count). The Bertz CT molecular complexity index is 783. The molecule has 5 nitrogen and oxygen atoms in total. The maximum Gasteiger partial charge on any atom is 0.348 e. The predicted molar refractivity (Wildman–Crippen MR) is 94.9 cm³/mol. The second-order valence-corrected chi connectivity index (χ2v) is 6.75. The van der Waals surface area contributed by atoms with Crippen LogP contribution >= 0.6 is 22.9 Å². The van der Waals surface area contributed by atoms with Gasteiger partial charge in [0.05, 0.1) is 17.7 Å². The van der Waals surface area contributed by atoms with Crippen LogP contribution in [-0.4, -0.2) is 12.6 Å². The van der Waals surface area contributed by atoms with Gasteiger partial charge in [0.2, 0.25) is 0 Å². The molecule has 0 unspecified atom stereocenters. The van der Waals surface area contributed by atoms with Gasteiger partial charge in [0, 0.05) is 10.6 Å². The Hall–Kier alpha value is -2.07. The lowest BCUT2D eigenvalue weighted by Crippen LogP contribution is -2.83. The molecule has 7 heteroatoms. The van der Waals surface area contributed by atoms with Crippen molar-refractivity contribution in [1.82, 2.24) is 0 Å². The Labute approximate surface area is 150 Å². The molecular formula is C17H19ClN3O2S+. The van der Waals surface area contributed by atoms with Crippen molar-refractivity contribution in [2.24, 2.45) is 0 Å². The number of carbonyl (C=O) groups is 1. The molecule has 0 saturated carbocycles. The molecule has 24 heavy (non-hydrogen) atoms. The summed E-state index contributed by atoms with van der Waals surface area (Å²) in [6, 6.07) is 9.83. The van der Waals surface area contributed by atoms with Crippen molar-refractivity contribution in [3.8, 4) is 6.07 Å². The molecule has 1 heterocycles. The number of nitrogens with zero attached hydrogens (tertiary/aromatic N) is 1. The topological polar surface area (TPSA) is 92.7 Å². The minimum absolute atomic E-state index is 0.117. The maximum atomic E-state index is 12.1. The average Bonchev–Trinajstić information content (AvgIpc) is 2.88. The molecule has 0 radical (unpaired) electrons. The van der Waals surface area contributed by atoms with Gasteiger partial charge in [-0.3, -0.25) is 0 Å². The zero-order valence-electron chi connectivity index (χ0n) is 13.5. The van der Waals surface area contributed by atoms with Crippen molar-refractivity contribution in [3.63, 3.8) is 0 Å². The summed E-state index contributed by atoms with van der Waals surface area (Å²) >= 11 is 7.13. The highest BCUT2D eigenvalue weighted by atomic mass is 35.5. The molecule has 0 aliphatic rings. The second kappa shape index (κ2) is 8.15. The van der Waals surface area contributed by atoms with Crippen molar-refractivity contribution in [1.29, 1.82) is 5.26 Å². The molecule has 1 atom stereocenters. The number of hydrogen-bond donors (Lipinski definition) is 2. The van der Waals surface area contributed by atoms with E-state index >= 15 is 0 Å². The van der Waals surface area contributed by atoms with Gasteiger partial charge in [0.25, 0.3) is 0 Å². The van der Waals surface area contributed by atoms with Gasteiger partial charge in [-0.2, -0.15) is 5.26 Å². The van der Waals surface area contributed by atoms with E-state index in [1.54, 1.807) is 6.92 Å². The molecule has 0 saturated heterocycles. The summed E-state index contributed by atoms with van der Waals surface area (Å²) in [5.41, 5.74) is 7.94. The number of benzene rings is 1. The minimum atomic E-state index is -0.436. The second-order valence-electron chi connectivity index (χ2n) is 5.26. The van der Waals surface area contributed by atoms with Crippen LogP contribution in [0.1, 0.15) is 46.3 Å². The fourth-order valence-electron chi connectivity index (χ4n) is 2.38. The molecule has 0 aliphatic heterocycles. The van der Waals surface area contributed by atoms with Crippen molar-refractivity contribution in [3.05, 3.63) is 50.9 Å². The fourth-order valence-corrected chi connectivity index (χ4v) is 3.52. The number of hydrogen-bond acceptors (Lipinski definition) is 5. The van der Waals surface area contributed by atoms with E-state index in [0.29, 0.717) is 32.6 Å². The van der Waals surface area contributed by atoms with Gasteiger partial charge in [-0.1, -0.05) is 23.7 Å². The molecule has 1 aromatic carbocycles. The summed E-state index contributed by atoms with van der Waals surface area (Å²) in [4.78, 5) is 12.5. The van der Waals surface area contributed by atoms with Gasteiger partial charge in [0.15, 0.2) is 0 Å². The summed E-state index contributed by atoms with van der Waals surface area (Å²) in [7, 11) is 0. The number of nitriles is 1. The van der Waals surface area contributed by atoms with Gasteiger partial charge < -0.3 is 15.8 Å². The highest BCUT2D eigenvalue weighted by Gasteiger charge is 2.24. The van der Waals surface area contributed by atoms with E-state index in [2.05, 4.69) is 6.07 Å². The third kappa shape index (κ3) is 4.06. The van der Waals surface area contributed by atoms with Gasteiger partial charge in [-0.25, -0.2) is 4.79 Å². The fraction of sp³-hybridized carbons (Fsp3) is 0.294. The third-order valence-corrected chi connectivity index (χ3v) is 4.93. The number of halogens is 1. The van der Waals surface area contributed by atoms with E-state index < -0.39 is 5.97 Å². The van der Waals surface area contributed by atoms with Crippen LogP contribution in [0, 0.1) is 11.3 Å². The van der Waals surface area contributed by atoms with E-state index in [1.165, 1.54) is 0 Å². The van der Waals surface area contributed by atoms with Crippen molar-refractivity contribution < 1.29 is 14.8 Å². The van der Waals surface area contributed by atoms with E-state index in [0.717, 1.165) is 16.9 Å². The lowest BCUT2D eigenvalue weighted by molar-refractivity contribution is -0.707. The van der Waals surface area contributed by atoms with E-state index in [1.807, 2.05) is 36.5 Å². The quantitative estimate of drug-likeness (QED) is 0.771. The Balaban J connectivity index is 2.22. The average molecular weight is 365 g/mol. The van der Waals surface area contributed by atoms with Crippen LogP contribution in [0.4, 0.5) is 5.00 Å². The summed E-state index contributed by atoms with van der Waals surface area (Å²) in [5, 5.41) is 12.4. The SMILES string of the molecule is CCOC(=O)c1sc(N)c(C#N)c1C[NH2+][C@H](C)c1cccc(Cl)c1. The van der Waals surface area contributed by atoms with E-state index in [9.17, 15) is 10.1 Å². The number of rotatable bonds is 6. The normalized spacial score (nSPS) is 11.8. The number of carbonyl (C=O) groups excluding carboxylic acids is 1. The van der Waals surface area contributed by atoms with Crippen LogP contribution in [0.15, 0.2) is 24.3 Å². The van der Waals surface area contributed by atoms with E-state index in [4.69, 9.17) is 22.1 Å². The lowest BCUT2D eigenvalue weighted by atomic mass is 10.1. The van der Waals surface area contributed by atoms with E-state index in [-0.39, 0.29) is 12.6 Å². The molecule has 2 aromatic rings. The third-order valence-electron chi connectivity index (χ3n) is 3.66.